The second kappa shape index (κ2) is 7.40. The Hall–Kier alpha value is -1.40. The summed E-state index contributed by atoms with van der Waals surface area (Å²) in [5, 5.41) is 10.5. The third-order valence-corrected chi connectivity index (χ3v) is 3.42. The van der Waals surface area contributed by atoms with Crippen molar-refractivity contribution < 1.29 is 9.53 Å². The molecular formula is C14H24N4O2. The average molecular weight is 280 g/mol. The molecule has 2 N–H and O–H groups in total. The van der Waals surface area contributed by atoms with Gasteiger partial charge < -0.3 is 15.4 Å². The van der Waals surface area contributed by atoms with Crippen molar-refractivity contribution in [3.05, 3.63) is 18.0 Å². The molecule has 1 saturated heterocycles. The summed E-state index contributed by atoms with van der Waals surface area (Å²) >= 11 is 0. The van der Waals surface area contributed by atoms with Gasteiger partial charge in [-0.2, -0.15) is 5.10 Å². The topological polar surface area (TPSA) is 68.2 Å². The van der Waals surface area contributed by atoms with E-state index in [4.69, 9.17) is 4.74 Å². The molecule has 6 nitrogen and oxygen atoms in total. The van der Waals surface area contributed by atoms with Crippen molar-refractivity contribution in [2.45, 2.75) is 45.3 Å². The minimum atomic E-state index is 0.0559. The van der Waals surface area contributed by atoms with E-state index in [2.05, 4.69) is 22.7 Å². The van der Waals surface area contributed by atoms with Gasteiger partial charge in [-0.25, -0.2) is 0 Å². The van der Waals surface area contributed by atoms with Crippen LogP contribution < -0.4 is 10.6 Å². The molecule has 0 aliphatic carbocycles. The minimum absolute atomic E-state index is 0.0559. The first-order valence-electron chi connectivity index (χ1n) is 7.23. The van der Waals surface area contributed by atoms with E-state index >= 15 is 0 Å². The first kappa shape index (κ1) is 15.0. The van der Waals surface area contributed by atoms with Crippen LogP contribution in [0.3, 0.4) is 0 Å². The monoisotopic (exact) mass is 280 g/mol. The SMILES string of the molecule is Cc1cnn(C[C@H](C)NCC(=O)NC2CCOCC2)c1. The lowest BCUT2D eigenvalue weighted by molar-refractivity contribution is -0.121. The molecule has 1 aromatic heterocycles. The van der Waals surface area contributed by atoms with Crippen LogP contribution in [0.1, 0.15) is 25.3 Å². The van der Waals surface area contributed by atoms with Gasteiger partial charge in [0.25, 0.3) is 0 Å². The van der Waals surface area contributed by atoms with E-state index in [-0.39, 0.29) is 18.0 Å². The van der Waals surface area contributed by atoms with Gasteiger partial charge in [0.15, 0.2) is 0 Å². The summed E-state index contributed by atoms with van der Waals surface area (Å²) < 4.78 is 7.16. The highest BCUT2D eigenvalue weighted by atomic mass is 16.5. The maximum Gasteiger partial charge on any atom is 0.234 e. The Morgan fingerprint density at radius 2 is 2.30 bits per heavy atom. The van der Waals surface area contributed by atoms with Gasteiger partial charge in [-0.15, -0.1) is 0 Å². The van der Waals surface area contributed by atoms with Crippen LogP contribution in [0.15, 0.2) is 12.4 Å². The van der Waals surface area contributed by atoms with Crippen LogP contribution in [-0.4, -0.2) is 47.5 Å². The summed E-state index contributed by atoms with van der Waals surface area (Å²) in [5.74, 6) is 0.0559. The molecule has 0 radical (unpaired) electrons. The highest BCUT2D eigenvalue weighted by Crippen LogP contribution is 2.05. The zero-order valence-electron chi connectivity index (χ0n) is 12.3. The van der Waals surface area contributed by atoms with E-state index in [9.17, 15) is 4.79 Å². The molecule has 2 rings (SSSR count). The van der Waals surface area contributed by atoms with Gasteiger partial charge in [-0.1, -0.05) is 0 Å². The highest BCUT2D eigenvalue weighted by molar-refractivity contribution is 5.78. The van der Waals surface area contributed by atoms with Gasteiger partial charge in [0.2, 0.25) is 5.91 Å². The molecule has 20 heavy (non-hydrogen) atoms. The molecule has 0 unspecified atom stereocenters. The van der Waals surface area contributed by atoms with E-state index in [0.29, 0.717) is 6.54 Å². The van der Waals surface area contributed by atoms with Crippen molar-refractivity contribution in [3.8, 4) is 0 Å². The van der Waals surface area contributed by atoms with Crippen molar-refractivity contribution in [1.29, 1.82) is 0 Å². The standard InChI is InChI=1S/C14H24N4O2/c1-11-7-16-18(9-11)10-12(2)15-8-14(19)17-13-3-5-20-6-4-13/h7,9,12-13,15H,3-6,8,10H2,1-2H3,(H,17,19)/t12-/m0/s1. The maximum atomic E-state index is 11.8. The number of ether oxygens (including phenoxy) is 1. The minimum Gasteiger partial charge on any atom is -0.381 e. The first-order valence-corrected chi connectivity index (χ1v) is 7.23. The number of rotatable bonds is 6. The summed E-state index contributed by atoms with van der Waals surface area (Å²) in [4.78, 5) is 11.8. The van der Waals surface area contributed by atoms with E-state index in [1.54, 1.807) is 0 Å². The Kier molecular flexibility index (Phi) is 5.55. The van der Waals surface area contributed by atoms with Gasteiger partial charge >= 0.3 is 0 Å². The largest absolute Gasteiger partial charge is 0.381 e. The van der Waals surface area contributed by atoms with Crippen molar-refractivity contribution in [3.63, 3.8) is 0 Å². The molecule has 1 fully saturated rings. The first-order chi connectivity index (χ1) is 9.63. The summed E-state index contributed by atoms with van der Waals surface area (Å²) in [6, 6.07) is 0.469. The third kappa shape index (κ3) is 4.94. The number of carbonyl (C=O) groups excluding carboxylic acids is 1. The van der Waals surface area contributed by atoms with Crippen LogP contribution in [0, 0.1) is 6.92 Å². The van der Waals surface area contributed by atoms with Crippen molar-refractivity contribution >= 4 is 5.91 Å². The molecule has 0 spiro atoms. The molecule has 2 heterocycles. The quantitative estimate of drug-likeness (QED) is 0.794. The fourth-order valence-corrected chi connectivity index (χ4v) is 2.30. The molecular weight excluding hydrogens is 256 g/mol. The number of nitrogens with zero attached hydrogens (tertiary/aromatic N) is 2. The summed E-state index contributed by atoms with van der Waals surface area (Å²) in [6.45, 7) is 6.67. The van der Waals surface area contributed by atoms with Crippen LogP contribution in [0.25, 0.3) is 0 Å². The molecule has 0 bridgehead atoms. The van der Waals surface area contributed by atoms with Crippen LogP contribution in [0.5, 0.6) is 0 Å². The van der Waals surface area contributed by atoms with Gasteiger partial charge in [-0.05, 0) is 32.3 Å². The lowest BCUT2D eigenvalue weighted by Crippen LogP contribution is -2.45. The summed E-state index contributed by atoms with van der Waals surface area (Å²) in [6.07, 6.45) is 5.66. The summed E-state index contributed by atoms with van der Waals surface area (Å²) in [5.41, 5.74) is 1.15. The van der Waals surface area contributed by atoms with E-state index < -0.39 is 0 Å². The zero-order valence-corrected chi connectivity index (χ0v) is 12.3. The smallest absolute Gasteiger partial charge is 0.234 e. The van der Waals surface area contributed by atoms with E-state index in [0.717, 1.165) is 38.2 Å². The molecule has 1 atom stereocenters. The lowest BCUT2D eigenvalue weighted by atomic mass is 10.1. The van der Waals surface area contributed by atoms with Crippen molar-refractivity contribution in [2.24, 2.45) is 0 Å². The highest BCUT2D eigenvalue weighted by Gasteiger charge is 2.16. The predicted octanol–water partition coefficient (Wildman–Crippen LogP) is 0.465. The van der Waals surface area contributed by atoms with Crippen LogP contribution in [-0.2, 0) is 16.1 Å². The number of aromatic nitrogens is 2. The fourth-order valence-electron chi connectivity index (χ4n) is 2.30. The maximum absolute atomic E-state index is 11.8. The molecule has 0 saturated carbocycles. The molecule has 1 amide bonds. The molecule has 6 heteroatoms. The molecule has 1 aliphatic heterocycles. The molecule has 0 aromatic carbocycles. The third-order valence-electron chi connectivity index (χ3n) is 3.42. The second-order valence-electron chi connectivity index (χ2n) is 5.48. The fraction of sp³-hybridized carbons (Fsp3) is 0.714. The molecule has 1 aliphatic rings. The number of hydrogen-bond donors (Lipinski definition) is 2. The second-order valence-corrected chi connectivity index (χ2v) is 5.48. The Balaban J connectivity index is 1.64. The van der Waals surface area contributed by atoms with Gasteiger partial charge in [0.05, 0.1) is 19.3 Å². The van der Waals surface area contributed by atoms with Crippen LogP contribution in [0.2, 0.25) is 0 Å². The van der Waals surface area contributed by atoms with E-state index in [1.165, 1.54) is 0 Å². The van der Waals surface area contributed by atoms with E-state index in [1.807, 2.05) is 24.0 Å². The van der Waals surface area contributed by atoms with Gasteiger partial charge in [-0.3, -0.25) is 9.48 Å². The lowest BCUT2D eigenvalue weighted by Gasteiger charge is -2.23. The number of carbonyl (C=O) groups is 1. The Labute approximate surface area is 119 Å². The van der Waals surface area contributed by atoms with Crippen molar-refractivity contribution in [1.82, 2.24) is 20.4 Å². The number of amides is 1. The van der Waals surface area contributed by atoms with Gasteiger partial charge in [0.1, 0.15) is 0 Å². The molecule has 112 valence electrons. The Morgan fingerprint density at radius 3 is 2.95 bits per heavy atom. The average Bonchev–Trinajstić information content (AvgIpc) is 2.83. The zero-order chi connectivity index (χ0) is 14.4. The van der Waals surface area contributed by atoms with Crippen molar-refractivity contribution in [2.75, 3.05) is 19.8 Å². The number of hydrogen-bond acceptors (Lipinski definition) is 4. The number of aryl methyl sites for hydroxylation is 1. The molecule has 1 aromatic rings. The summed E-state index contributed by atoms with van der Waals surface area (Å²) in [7, 11) is 0. The van der Waals surface area contributed by atoms with Gasteiger partial charge in [0, 0.05) is 31.5 Å². The van der Waals surface area contributed by atoms with Crippen LogP contribution in [0.4, 0.5) is 0 Å². The Morgan fingerprint density at radius 1 is 1.55 bits per heavy atom. The predicted molar refractivity (Wildman–Crippen MR) is 76.4 cm³/mol. The normalized spacial score (nSPS) is 17.9. The Bertz CT molecular complexity index is 427. The van der Waals surface area contributed by atoms with Crippen LogP contribution >= 0.6 is 0 Å². The number of nitrogens with one attached hydrogen (secondary N) is 2.